The Balaban J connectivity index is 0.000000238. The largest absolute Gasteiger partial charge is 0.478 e. The van der Waals surface area contributed by atoms with Gasteiger partial charge in [0, 0.05) is 0 Å². The van der Waals surface area contributed by atoms with Crippen molar-refractivity contribution in [3.05, 3.63) is 166 Å². The quantitative estimate of drug-likeness (QED) is 0.0619. The van der Waals surface area contributed by atoms with Crippen LogP contribution in [0.2, 0.25) is 0 Å². The molecule has 0 saturated heterocycles. The summed E-state index contributed by atoms with van der Waals surface area (Å²) in [6.45, 7) is 4.11. The van der Waals surface area contributed by atoms with Gasteiger partial charge in [-0.3, -0.25) is 0 Å². The molecule has 4 N–H and O–H groups in total. The van der Waals surface area contributed by atoms with Crippen molar-refractivity contribution in [2.24, 2.45) is 0 Å². The van der Waals surface area contributed by atoms with Crippen molar-refractivity contribution in [1.82, 2.24) is 0 Å². The fourth-order valence-electron chi connectivity index (χ4n) is 5.22. The molecule has 5 rings (SSSR count). The smallest absolute Gasteiger partial charge is 0.343 e. The minimum Gasteiger partial charge on any atom is -0.478 e. The number of rotatable bonds is 14. The number of hydrogen-bond donors (Lipinski definition) is 4. The summed E-state index contributed by atoms with van der Waals surface area (Å²) in [6, 6.07) is 32.1. The molecule has 5 aromatic rings. The van der Waals surface area contributed by atoms with Crippen molar-refractivity contribution in [1.29, 1.82) is 0 Å². The van der Waals surface area contributed by atoms with E-state index in [1.807, 2.05) is 19.1 Å². The summed E-state index contributed by atoms with van der Waals surface area (Å²) < 4.78 is 10.5. The van der Waals surface area contributed by atoms with E-state index in [9.17, 15) is 33.9 Å². The van der Waals surface area contributed by atoms with Gasteiger partial charge in [0.15, 0.2) is 0 Å². The third-order valence-electron chi connectivity index (χ3n) is 8.03. The lowest BCUT2D eigenvalue weighted by molar-refractivity contribution is 0.0650. The molecular formula is C44H42O12. The second kappa shape index (κ2) is 22.2. The van der Waals surface area contributed by atoms with Gasteiger partial charge in [0.2, 0.25) is 0 Å². The van der Waals surface area contributed by atoms with Gasteiger partial charge < -0.3 is 29.9 Å². The van der Waals surface area contributed by atoms with Crippen LogP contribution in [-0.2, 0) is 12.8 Å². The second-order valence-electron chi connectivity index (χ2n) is 12.1. The number of aryl methyl sites for hydroxylation is 1. The molecule has 0 amide bonds. The van der Waals surface area contributed by atoms with Gasteiger partial charge in [-0.05, 0) is 104 Å². The number of ether oxygens (including phenoxy) is 2. The minimum absolute atomic E-state index is 0.0186. The number of carboxylic acids is 4. The zero-order valence-corrected chi connectivity index (χ0v) is 30.8. The molecule has 0 radical (unpaired) electrons. The lowest BCUT2D eigenvalue weighted by Gasteiger charge is -2.14. The van der Waals surface area contributed by atoms with Crippen LogP contribution in [0.1, 0.15) is 113 Å². The summed E-state index contributed by atoms with van der Waals surface area (Å²) in [6.07, 6.45) is 5.24. The molecule has 12 nitrogen and oxygen atoms in total. The van der Waals surface area contributed by atoms with Crippen LogP contribution in [0.4, 0.5) is 0 Å². The van der Waals surface area contributed by atoms with Crippen LogP contribution in [-0.4, -0.2) is 56.2 Å². The predicted molar refractivity (Wildman–Crippen MR) is 207 cm³/mol. The maximum absolute atomic E-state index is 12.2. The number of carbonyl (C=O) groups excluding carboxylic acids is 2. The Bertz CT molecular complexity index is 2030. The lowest BCUT2D eigenvalue weighted by atomic mass is 9.90. The molecular weight excluding hydrogens is 720 g/mol. The topological polar surface area (TPSA) is 202 Å². The molecule has 0 fully saturated rings. The molecule has 0 aromatic heterocycles. The second-order valence-corrected chi connectivity index (χ2v) is 12.1. The number of benzene rings is 5. The Labute approximate surface area is 323 Å². The molecule has 5 aromatic carbocycles. The third kappa shape index (κ3) is 13.4. The highest BCUT2D eigenvalue weighted by Gasteiger charge is 2.22. The number of esters is 2. The standard InChI is InChI=1S/C20H14O4.C16H22O4.C8H6O4/c21-19(23-17-10-3-1-4-11-17)15-8-7-9-16(14-15)20(22)24-18-12-5-2-6-13-18;1-3-5-7-11-9-10-13(15(17)18)14(16(19)20)12(11)8-6-4-2;9-7(10)5-2-1-3-6(4-5)8(11)12/h1-14H;9-10H,3-8H2,1-2H3,(H,17,18)(H,19,20);1-4H,(H,9,10)(H,11,12). The van der Waals surface area contributed by atoms with Gasteiger partial charge in [0.1, 0.15) is 11.5 Å². The van der Waals surface area contributed by atoms with Crippen molar-refractivity contribution in [2.45, 2.75) is 52.4 Å². The first-order valence-electron chi connectivity index (χ1n) is 17.7. The monoisotopic (exact) mass is 762 g/mol. The van der Waals surface area contributed by atoms with Gasteiger partial charge in [-0.25, -0.2) is 28.8 Å². The van der Waals surface area contributed by atoms with E-state index in [1.54, 1.807) is 72.8 Å². The van der Waals surface area contributed by atoms with Gasteiger partial charge in [-0.15, -0.1) is 0 Å². The van der Waals surface area contributed by atoms with Gasteiger partial charge >= 0.3 is 35.8 Å². The molecule has 0 saturated carbocycles. The summed E-state index contributed by atoms with van der Waals surface area (Å²) in [5, 5.41) is 35.5. The number of unbranched alkanes of at least 4 members (excludes halogenated alkanes) is 2. The Morgan fingerprint density at radius 2 is 0.893 bits per heavy atom. The summed E-state index contributed by atoms with van der Waals surface area (Å²) >= 11 is 0. The van der Waals surface area contributed by atoms with Crippen molar-refractivity contribution >= 4 is 35.8 Å². The molecule has 0 heterocycles. The van der Waals surface area contributed by atoms with E-state index in [1.165, 1.54) is 30.3 Å². The van der Waals surface area contributed by atoms with E-state index in [0.29, 0.717) is 23.5 Å². The van der Waals surface area contributed by atoms with Crippen LogP contribution in [0, 0.1) is 0 Å². The summed E-state index contributed by atoms with van der Waals surface area (Å²) in [7, 11) is 0. The van der Waals surface area contributed by atoms with Crippen LogP contribution in [0.15, 0.2) is 121 Å². The number of carboxylic acid groups (broad SMARTS) is 4. The molecule has 0 aliphatic heterocycles. The highest BCUT2D eigenvalue weighted by molar-refractivity contribution is 6.03. The minimum atomic E-state index is -1.18. The molecule has 0 bridgehead atoms. The fourth-order valence-corrected chi connectivity index (χ4v) is 5.22. The van der Waals surface area contributed by atoms with Crippen LogP contribution in [0.5, 0.6) is 11.5 Å². The molecule has 0 spiro atoms. The summed E-state index contributed by atoms with van der Waals surface area (Å²) in [5.74, 6) is -4.75. The van der Waals surface area contributed by atoms with Crippen LogP contribution >= 0.6 is 0 Å². The zero-order valence-electron chi connectivity index (χ0n) is 30.8. The highest BCUT2D eigenvalue weighted by atomic mass is 16.5. The van der Waals surface area contributed by atoms with Crippen molar-refractivity contribution in [3.8, 4) is 11.5 Å². The van der Waals surface area contributed by atoms with Crippen molar-refractivity contribution in [2.75, 3.05) is 0 Å². The normalized spacial score (nSPS) is 10.0. The molecule has 0 aliphatic carbocycles. The van der Waals surface area contributed by atoms with Gasteiger partial charge in [0.05, 0.1) is 33.4 Å². The average molecular weight is 763 g/mol. The molecule has 12 heteroatoms. The zero-order chi connectivity index (χ0) is 41.0. The maximum Gasteiger partial charge on any atom is 0.343 e. The van der Waals surface area contributed by atoms with Gasteiger partial charge in [0.25, 0.3) is 0 Å². The summed E-state index contributed by atoms with van der Waals surface area (Å²) in [4.78, 5) is 67.8. The Kier molecular flexibility index (Phi) is 17.2. The summed E-state index contributed by atoms with van der Waals surface area (Å²) in [5.41, 5.74) is 2.06. The molecule has 0 unspecified atom stereocenters. The van der Waals surface area contributed by atoms with E-state index in [0.717, 1.165) is 43.7 Å². The van der Waals surface area contributed by atoms with E-state index >= 15 is 0 Å². The van der Waals surface area contributed by atoms with Crippen LogP contribution in [0.25, 0.3) is 0 Å². The van der Waals surface area contributed by atoms with E-state index in [-0.39, 0.29) is 33.4 Å². The average Bonchev–Trinajstić information content (AvgIpc) is 3.20. The fraction of sp³-hybridized carbons (Fsp3) is 0.182. The Morgan fingerprint density at radius 3 is 1.30 bits per heavy atom. The SMILES string of the molecule is CCCCc1ccc(C(=O)O)c(C(=O)O)c1CCCC.O=C(O)c1cccc(C(=O)O)c1.O=C(Oc1ccccc1)c1cccc(C(=O)Oc2ccccc2)c1. The van der Waals surface area contributed by atoms with Gasteiger partial charge in [-0.1, -0.05) is 81.3 Å². The first kappa shape index (κ1) is 43.3. The number of para-hydroxylation sites is 2. The molecule has 56 heavy (non-hydrogen) atoms. The molecule has 290 valence electrons. The van der Waals surface area contributed by atoms with Gasteiger partial charge in [-0.2, -0.15) is 0 Å². The predicted octanol–water partition coefficient (Wildman–Crippen LogP) is 8.98. The Morgan fingerprint density at radius 1 is 0.464 bits per heavy atom. The lowest BCUT2D eigenvalue weighted by Crippen LogP contribution is -2.14. The number of hydrogen-bond acceptors (Lipinski definition) is 8. The maximum atomic E-state index is 12.2. The highest BCUT2D eigenvalue weighted by Crippen LogP contribution is 2.24. The number of aromatic carboxylic acids is 4. The van der Waals surface area contributed by atoms with Crippen LogP contribution < -0.4 is 9.47 Å². The van der Waals surface area contributed by atoms with E-state index < -0.39 is 35.8 Å². The number of carbonyl (C=O) groups is 6. The first-order chi connectivity index (χ1) is 26.9. The first-order valence-corrected chi connectivity index (χ1v) is 17.7. The van der Waals surface area contributed by atoms with Crippen molar-refractivity contribution < 1.29 is 58.7 Å². The van der Waals surface area contributed by atoms with E-state index in [4.69, 9.17) is 24.8 Å². The molecule has 0 aliphatic rings. The Hall–Kier alpha value is -7.08. The van der Waals surface area contributed by atoms with Crippen molar-refractivity contribution in [3.63, 3.8) is 0 Å². The van der Waals surface area contributed by atoms with E-state index in [2.05, 4.69) is 6.92 Å². The molecule has 0 atom stereocenters. The van der Waals surface area contributed by atoms with Crippen LogP contribution in [0.3, 0.4) is 0 Å². The third-order valence-corrected chi connectivity index (χ3v) is 8.03.